The van der Waals surface area contributed by atoms with Crippen molar-refractivity contribution in [2.45, 2.75) is 60.9 Å². The van der Waals surface area contributed by atoms with E-state index in [0.717, 1.165) is 12.5 Å². The third kappa shape index (κ3) is 6.72. The molecule has 0 heterocycles. The number of hydrogen-bond donors (Lipinski definition) is 1. The number of nitrogens with one attached hydrogen (secondary N) is 1. The van der Waals surface area contributed by atoms with Crippen molar-refractivity contribution in [3.8, 4) is 0 Å². The Kier molecular flexibility index (Phi) is 6.19. The Bertz CT molecular complexity index is 194. The van der Waals surface area contributed by atoms with Gasteiger partial charge in [-0.3, -0.25) is 0 Å². The summed E-state index contributed by atoms with van der Waals surface area (Å²) in [6.07, 6.45) is 3.58. The van der Waals surface area contributed by atoms with Gasteiger partial charge in [-0.25, -0.2) is 0 Å². The predicted molar refractivity (Wildman–Crippen MR) is 70.1 cm³/mol. The van der Waals surface area contributed by atoms with Crippen LogP contribution >= 0.6 is 0 Å². The highest BCUT2D eigenvalue weighted by Crippen LogP contribution is 2.29. The van der Waals surface area contributed by atoms with Gasteiger partial charge < -0.3 is 5.32 Å². The molecule has 0 radical (unpaired) electrons. The summed E-state index contributed by atoms with van der Waals surface area (Å²) in [4.78, 5) is 0. The van der Waals surface area contributed by atoms with E-state index in [2.05, 4.69) is 59.9 Å². The van der Waals surface area contributed by atoms with Crippen molar-refractivity contribution < 1.29 is 0 Å². The van der Waals surface area contributed by atoms with Gasteiger partial charge in [0.1, 0.15) is 0 Å². The van der Waals surface area contributed by atoms with E-state index in [-0.39, 0.29) is 0 Å². The molecule has 0 amide bonds. The number of allylic oxidation sites excluding steroid dienone is 1. The highest BCUT2D eigenvalue weighted by Gasteiger charge is 2.22. The topological polar surface area (TPSA) is 12.0 Å². The third-order valence-corrected chi connectivity index (χ3v) is 3.09. The average Bonchev–Trinajstić information content (AvgIpc) is 2.01. The molecule has 0 bridgehead atoms. The summed E-state index contributed by atoms with van der Waals surface area (Å²) in [5.74, 6) is 0.733. The van der Waals surface area contributed by atoms with Crippen molar-refractivity contribution in [3.63, 3.8) is 0 Å². The minimum atomic E-state index is 0.406. The SMILES string of the molecule is CCNC(C=C(C)C)CC(C)C(C)(C)C. The predicted octanol–water partition coefficient (Wildman–Crippen LogP) is 4.00. The zero-order chi connectivity index (χ0) is 12.1. The lowest BCUT2D eigenvalue weighted by Gasteiger charge is -2.30. The van der Waals surface area contributed by atoms with Crippen LogP contribution in [0.15, 0.2) is 11.6 Å². The van der Waals surface area contributed by atoms with Crippen LogP contribution in [0, 0.1) is 11.3 Å². The molecule has 0 aliphatic heterocycles. The van der Waals surface area contributed by atoms with Crippen LogP contribution in [0.1, 0.15) is 54.9 Å². The summed E-state index contributed by atoms with van der Waals surface area (Å²) < 4.78 is 0. The number of hydrogen-bond acceptors (Lipinski definition) is 1. The van der Waals surface area contributed by atoms with E-state index in [0.29, 0.717) is 11.5 Å². The second-order valence-electron chi connectivity index (χ2n) is 5.91. The van der Waals surface area contributed by atoms with Crippen molar-refractivity contribution in [2.24, 2.45) is 11.3 Å². The van der Waals surface area contributed by atoms with Crippen LogP contribution in [0.25, 0.3) is 0 Å². The van der Waals surface area contributed by atoms with Crippen molar-refractivity contribution in [2.75, 3.05) is 6.54 Å². The molecular weight excluding hydrogens is 182 g/mol. The van der Waals surface area contributed by atoms with Gasteiger partial charge in [0.05, 0.1) is 0 Å². The minimum Gasteiger partial charge on any atom is -0.311 e. The van der Waals surface area contributed by atoms with E-state index in [9.17, 15) is 0 Å². The molecule has 2 unspecified atom stereocenters. The molecule has 0 spiro atoms. The van der Waals surface area contributed by atoms with E-state index in [4.69, 9.17) is 0 Å². The second kappa shape index (κ2) is 6.32. The van der Waals surface area contributed by atoms with Crippen molar-refractivity contribution in [1.82, 2.24) is 5.32 Å². The molecule has 0 saturated carbocycles. The molecule has 0 aliphatic carbocycles. The maximum atomic E-state index is 3.54. The summed E-state index contributed by atoms with van der Waals surface area (Å²) in [5.41, 5.74) is 1.81. The second-order valence-corrected chi connectivity index (χ2v) is 5.91. The molecule has 0 aromatic rings. The van der Waals surface area contributed by atoms with Crippen LogP contribution in [0.3, 0.4) is 0 Å². The molecule has 1 nitrogen and oxygen atoms in total. The Morgan fingerprint density at radius 1 is 1.27 bits per heavy atom. The van der Waals surface area contributed by atoms with Gasteiger partial charge in [0.25, 0.3) is 0 Å². The fourth-order valence-electron chi connectivity index (χ4n) is 1.61. The summed E-state index contributed by atoms with van der Waals surface area (Å²) >= 11 is 0. The van der Waals surface area contributed by atoms with Crippen LogP contribution in [0.4, 0.5) is 0 Å². The first-order chi connectivity index (χ1) is 6.77. The quantitative estimate of drug-likeness (QED) is 0.678. The maximum Gasteiger partial charge on any atom is 0.0255 e. The van der Waals surface area contributed by atoms with Crippen molar-refractivity contribution in [3.05, 3.63) is 11.6 Å². The van der Waals surface area contributed by atoms with Gasteiger partial charge >= 0.3 is 0 Å². The van der Waals surface area contributed by atoms with E-state index < -0.39 is 0 Å². The lowest BCUT2D eigenvalue weighted by molar-refractivity contribution is 0.233. The summed E-state index contributed by atoms with van der Waals surface area (Å²) in [7, 11) is 0. The molecule has 0 aromatic carbocycles. The molecule has 0 aliphatic rings. The van der Waals surface area contributed by atoms with Crippen LogP contribution < -0.4 is 5.32 Å². The molecule has 15 heavy (non-hydrogen) atoms. The average molecular weight is 211 g/mol. The Morgan fingerprint density at radius 2 is 1.80 bits per heavy atom. The Balaban J connectivity index is 4.35. The molecule has 0 fully saturated rings. The van der Waals surface area contributed by atoms with Gasteiger partial charge in [-0.15, -0.1) is 0 Å². The fourth-order valence-corrected chi connectivity index (χ4v) is 1.61. The smallest absolute Gasteiger partial charge is 0.0255 e. The van der Waals surface area contributed by atoms with Gasteiger partial charge in [0, 0.05) is 6.04 Å². The van der Waals surface area contributed by atoms with Crippen molar-refractivity contribution >= 4 is 0 Å². The normalized spacial score (nSPS) is 15.9. The Hall–Kier alpha value is -0.300. The first kappa shape index (κ1) is 14.7. The van der Waals surface area contributed by atoms with E-state index >= 15 is 0 Å². The summed E-state index contributed by atoms with van der Waals surface area (Å²) in [6, 6.07) is 0.536. The van der Waals surface area contributed by atoms with Crippen LogP contribution in [0.5, 0.6) is 0 Å². The van der Waals surface area contributed by atoms with E-state index in [1.807, 2.05) is 0 Å². The maximum absolute atomic E-state index is 3.54. The summed E-state index contributed by atoms with van der Waals surface area (Å²) in [5, 5.41) is 3.54. The molecule has 2 atom stereocenters. The molecular formula is C14H29N. The molecule has 0 rings (SSSR count). The molecule has 0 aromatic heterocycles. The summed E-state index contributed by atoms with van der Waals surface area (Å²) in [6.45, 7) is 16.9. The van der Waals surface area contributed by atoms with Crippen LogP contribution in [0.2, 0.25) is 0 Å². The highest BCUT2D eigenvalue weighted by molar-refractivity contribution is 5.01. The number of likely N-dealkylation sites (N-methyl/N-ethyl adjacent to an activating group) is 1. The Labute approximate surface area is 96.3 Å². The zero-order valence-corrected chi connectivity index (χ0v) is 11.6. The van der Waals surface area contributed by atoms with Crippen molar-refractivity contribution in [1.29, 1.82) is 0 Å². The van der Waals surface area contributed by atoms with Crippen LogP contribution in [-0.4, -0.2) is 12.6 Å². The number of rotatable bonds is 5. The Morgan fingerprint density at radius 3 is 2.13 bits per heavy atom. The van der Waals surface area contributed by atoms with E-state index in [1.54, 1.807) is 0 Å². The van der Waals surface area contributed by atoms with Gasteiger partial charge in [0.15, 0.2) is 0 Å². The van der Waals surface area contributed by atoms with Gasteiger partial charge in [0.2, 0.25) is 0 Å². The minimum absolute atomic E-state index is 0.406. The standard InChI is InChI=1S/C14H29N/c1-8-15-13(9-11(2)3)10-12(4)14(5,6)7/h9,12-13,15H,8,10H2,1-7H3. The highest BCUT2D eigenvalue weighted by atomic mass is 14.9. The lowest BCUT2D eigenvalue weighted by Crippen LogP contribution is -2.32. The van der Waals surface area contributed by atoms with E-state index in [1.165, 1.54) is 12.0 Å². The molecule has 1 N–H and O–H groups in total. The van der Waals surface area contributed by atoms with Crippen LogP contribution in [-0.2, 0) is 0 Å². The largest absolute Gasteiger partial charge is 0.311 e. The molecule has 90 valence electrons. The van der Waals surface area contributed by atoms with Gasteiger partial charge in [-0.1, -0.05) is 46.3 Å². The van der Waals surface area contributed by atoms with Gasteiger partial charge in [-0.05, 0) is 38.1 Å². The zero-order valence-electron chi connectivity index (χ0n) is 11.6. The van der Waals surface area contributed by atoms with Gasteiger partial charge in [-0.2, -0.15) is 0 Å². The molecule has 1 heteroatoms. The fraction of sp³-hybridized carbons (Fsp3) is 0.857. The monoisotopic (exact) mass is 211 g/mol. The lowest BCUT2D eigenvalue weighted by atomic mass is 9.78. The first-order valence-electron chi connectivity index (χ1n) is 6.15. The molecule has 0 saturated heterocycles. The third-order valence-electron chi connectivity index (χ3n) is 3.09. The first-order valence-corrected chi connectivity index (χ1v) is 6.15.